The van der Waals surface area contributed by atoms with Gasteiger partial charge in [-0.05, 0) is 68.2 Å². The van der Waals surface area contributed by atoms with Gasteiger partial charge < -0.3 is 75.6 Å². The lowest BCUT2D eigenvalue weighted by molar-refractivity contribution is -0.151. The summed E-state index contributed by atoms with van der Waals surface area (Å²) in [6, 6.07) is -0.963. The monoisotopic (exact) mass is 990 g/mol. The summed E-state index contributed by atoms with van der Waals surface area (Å²) < 4.78 is 0. The van der Waals surface area contributed by atoms with Gasteiger partial charge in [-0.25, -0.2) is 0 Å². The molecule has 8 unspecified atom stereocenters. The van der Waals surface area contributed by atoms with Gasteiger partial charge in [-0.15, -0.1) is 0 Å². The Labute approximate surface area is 406 Å². The third kappa shape index (κ3) is 24.9. The van der Waals surface area contributed by atoms with Crippen molar-refractivity contribution in [1.29, 1.82) is 0 Å². The molecule has 0 radical (unpaired) electrons. The van der Waals surface area contributed by atoms with E-state index >= 15 is 0 Å². The molecule has 0 aliphatic carbocycles. The number of primary amides is 1. The third-order valence-corrected chi connectivity index (χ3v) is 10.8. The van der Waals surface area contributed by atoms with Gasteiger partial charge in [-0.1, -0.05) is 20.8 Å². The molecule has 398 valence electrons. The first-order chi connectivity index (χ1) is 32.0. The first kappa shape index (κ1) is 64.0. The minimum atomic E-state index is -1.20. The van der Waals surface area contributed by atoms with Crippen molar-refractivity contribution >= 4 is 53.2 Å². The summed E-state index contributed by atoms with van der Waals surface area (Å²) >= 11 is 0. The fourth-order valence-corrected chi connectivity index (χ4v) is 7.05. The van der Waals surface area contributed by atoms with Crippen molar-refractivity contribution in [2.75, 3.05) is 91.6 Å². The predicted octanol–water partition coefficient (Wildman–Crippen LogP) is -3.61. The summed E-state index contributed by atoms with van der Waals surface area (Å²) in [6.07, 6.45) is -5.89. The Balaban J connectivity index is 6.68. The van der Waals surface area contributed by atoms with Gasteiger partial charge in [-0.2, -0.15) is 0 Å². The molecule has 0 saturated heterocycles. The Hall–Kier alpha value is -5.01. The summed E-state index contributed by atoms with van der Waals surface area (Å²) in [5.74, 6) is -6.72. The van der Waals surface area contributed by atoms with E-state index in [-0.39, 0.29) is 44.5 Å². The number of hydrogen-bond donors (Lipinski definition) is 7. The third-order valence-electron chi connectivity index (χ3n) is 10.8. The quantitative estimate of drug-likeness (QED) is 0.0334. The van der Waals surface area contributed by atoms with Gasteiger partial charge in [0.1, 0.15) is 13.1 Å². The summed E-state index contributed by atoms with van der Waals surface area (Å²) in [6.45, 7) is 9.49. The largest absolute Gasteiger partial charge is 0.392 e. The number of nitrogens with zero attached hydrogens (tertiary/aromatic N) is 8. The molecule has 0 aliphatic heterocycles. The second kappa shape index (κ2) is 32.0. The van der Waals surface area contributed by atoms with Gasteiger partial charge in [0.2, 0.25) is 53.2 Å². The van der Waals surface area contributed by atoms with Gasteiger partial charge in [0, 0.05) is 57.8 Å². The van der Waals surface area contributed by atoms with E-state index in [0.29, 0.717) is 12.8 Å². The van der Waals surface area contributed by atoms with Crippen molar-refractivity contribution in [2.45, 2.75) is 144 Å². The van der Waals surface area contributed by atoms with Crippen LogP contribution in [0.1, 0.15) is 95.4 Å². The van der Waals surface area contributed by atoms with Crippen molar-refractivity contribution in [3.63, 3.8) is 0 Å². The van der Waals surface area contributed by atoms with Crippen LogP contribution < -0.4 is 5.73 Å². The Bertz CT molecular complexity index is 1680. The number of rotatable bonds is 33. The SMILES string of the molecule is CCC(=O)N(CC(=O)N(CC(=O)N(CC(=O)N(CC(=O)N(CC(=O)N(CC(=O)N(CC(=O)N(CC(N)=O)CC(C)O)CC(C)O)CC(C)O)C(C)CC)CC(C)O)CC(C)O)CC(C)O)C(C)CC. The highest BCUT2D eigenvalue weighted by molar-refractivity contribution is 5.94. The summed E-state index contributed by atoms with van der Waals surface area (Å²) in [7, 11) is 0. The van der Waals surface area contributed by atoms with Crippen LogP contribution >= 0.6 is 0 Å². The van der Waals surface area contributed by atoms with Gasteiger partial charge in [0.15, 0.2) is 0 Å². The maximum atomic E-state index is 14.2. The molecule has 0 aromatic heterocycles. The van der Waals surface area contributed by atoms with Crippen LogP contribution in [-0.2, 0) is 43.2 Å². The molecule has 0 aliphatic rings. The van der Waals surface area contributed by atoms with Crippen LogP contribution in [-0.4, -0.2) is 263 Å². The molecular weight excluding hydrogens is 907 g/mol. The van der Waals surface area contributed by atoms with E-state index in [1.165, 1.54) is 46.4 Å². The minimum Gasteiger partial charge on any atom is -0.392 e. The highest BCUT2D eigenvalue weighted by Gasteiger charge is 2.33. The van der Waals surface area contributed by atoms with E-state index in [4.69, 9.17) is 5.73 Å². The fourth-order valence-electron chi connectivity index (χ4n) is 7.05. The van der Waals surface area contributed by atoms with Crippen molar-refractivity contribution in [3.8, 4) is 0 Å². The van der Waals surface area contributed by atoms with Crippen LogP contribution in [0, 0.1) is 0 Å². The number of aliphatic hydroxyl groups is 6. The van der Waals surface area contributed by atoms with Gasteiger partial charge in [-0.3, -0.25) is 43.2 Å². The van der Waals surface area contributed by atoms with E-state index < -0.39 is 155 Å². The summed E-state index contributed by atoms with van der Waals surface area (Å²) in [4.78, 5) is 129. The van der Waals surface area contributed by atoms with E-state index in [2.05, 4.69) is 0 Å². The Morgan fingerprint density at radius 1 is 0.333 bits per heavy atom. The van der Waals surface area contributed by atoms with Crippen LogP contribution in [0.15, 0.2) is 0 Å². The zero-order valence-corrected chi connectivity index (χ0v) is 42.7. The number of hydrogen-bond acceptors (Lipinski definition) is 15. The van der Waals surface area contributed by atoms with Crippen LogP contribution in [0.4, 0.5) is 0 Å². The van der Waals surface area contributed by atoms with Crippen molar-refractivity contribution in [2.24, 2.45) is 5.73 Å². The van der Waals surface area contributed by atoms with E-state index in [9.17, 15) is 73.8 Å². The number of nitrogens with two attached hydrogens (primary N) is 1. The maximum absolute atomic E-state index is 14.2. The zero-order chi connectivity index (χ0) is 53.5. The smallest absolute Gasteiger partial charge is 0.242 e. The molecule has 8 atom stereocenters. The Morgan fingerprint density at radius 2 is 0.536 bits per heavy atom. The minimum absolute atomic E-state index is 0.125. The second-order valence-corrected chi connectivity index (χ2v) is 18.1. The predicted molar refractivity (Wildman–Crippen MR) is 252 cm³/mol. The molecular formula is C45H83N9O15. The molecule has 0 saturated carbocycles. The van der Waals surface area contributed by atoms with Crippen molar-refractivity contribution in [1.82, 2.24) is 39.2 Å². The lowest BCUT2D eigenvalue weighted by atomic mass is 10.2. The fraction of sp³-hybridized carbons (Fsp3) is 0.800. The molecule has 24 nitrogen and oxygen atoms in total. The van der Waals surface area contributed by atoms with E-state index in [1.54, 1.807) is 27.7 Å². The maximum Gasteiger partial charge on any atom is 0.242 e. The number of carbonyl (C=O) groups is 9. The van der Waals surface area contributed by atoms with E-state index in [1.807, 2.05) is 6.92 Å². The Morgan fingerprint density at radius 3 is 0.739 bits per heavy atom. The van der Waals surface area contributed by atoms with E-state index in [0.717, 1.165) is 34.3 Å². The topological polar surface area (TPSA) is 327 Å². The molecule has 0 rings (SSSR count). The summed E-state index contributed by atoms with van der Waals surface area (Å²) in [5.41, 5.74) is 5.28. The van der Waals surface area contributed by atoms with Crippen LogP contribution in [0.2, 0.25) is 0 Å². The van der Waals surface area contributed by atoms with Crippen LogP contribution in [0.25, 0.3) is 0 Å². The molecule has 0 spiro atoms. The van der Waals surface area contributed by atoms with Crippen LogP contribution in [0.3, 0.4) is 0 Å². The average molecular weight is 990 g/mol. The molecule has 0 bridgehead atoms. The Kier molecular flexibility index (Phi) is 29.7. The number of aliphatic hydroxyl groups excluding tert-OH is 6. The molecule has 0 aromatic rings. The molecule has 0 heterocycles. The second-order valence-electron chi connectivity index (χ2n) is 18.1. The highest BCUT2D eigenvalue weighted by atomic mass is 16.3. The van der Waals surface area contributed by atoms with Gasteiger partial charge in [0.05, 0.1) is 75.9 Å². The average Bonchev–Trinajstić information content (AvgIpc) is 3.23. The first-order valence-corrected chi connectivity index (χ1v) is 23.6. The normalized spacial score (nSPS) is 14.7. The van der Waals surface area contributed by atoms with Gasteiger partial charge >= 0.3 is 0 Å². The number of amides is 9. The van der Waals surface area contributed by atoms with Gasteiger partial charge in [0.25, 0.3) is 0 Å². The molecule has 24 heteroatoms. The molecule has 8 N–H and O–H groups in total. The first-order valence-electron chi connectivity index (χ1n) is 23.6. The zero-order valence-electron chi connectivity index (χ0n) is 42.7. The molecule has 9 amide bonds. The summed E-state index contributed by atoms with van der Waals surface area (Å²) in [5, 5.41) is 61.5. The standard InChI is InChI=1S/C45H83N9O15/c1-12-29(4)53(38(62)14-3)27-43(67)50(18-34(9)58)24-41(65)49(17-33(8)57)23-42(66)52(20-36(11)60)26-45(69)54(30(5)13-2)28-44(68)51(19-35(10)59)25-40(64)48(16-32(7)56)22-39(63)47(15-31(6)55)21-37(46)61/h29-36,55-60H,12-28H2,1-11H3,(H2,46,61). The van der Waals surface area contributed by atoms with Crippen molar-refractivity contribution in [3.05, 3.63) is 0 Å². The van der Waals surface area contributed by atoms with Crippen LogP contribution in [0.5, 0.6) is 0 Å². The molecule has 0 aromatic carbocycles. The molecule has 69 heavy (non-hydrogen) atoms. The highest BCUT2D eigenvalue weighted by Crippen LogP contribution is 2.12. The number of carbonyl (C=O) groups excluding carboxylic acids is 9. The lowest BCUT2D eigenvalue weighted by Crippen LogP contribution is -2.55. The lowest BCUT2D eigenvalue weighted by Gasteiger charge is -2.35. The molecule has 0 fully saturated rings. The van der Waals surface area contributed by atoms with Crippen molar-refractivity contribution < 1.29 is 73.8 Å².